The molecule has 1 amide bonds. The minimum atomic E-state index is -0.665. The molecule has 0 unspecified atom stereocenters. The Morgan fingerprint density at radius 3 is 2.35 bits per heavy atom. The van der Waals surface area contributed by atoms with Crippen molar-refractivity contribution >= 4 is 5.91 Å². The topological polar surface area (TPSA) is 82.0 Å². The van der Waals surface area contributed by atoms with Crippen molar-refractivity contribution < 1.29 is 9.32 Å². The number of amides is 1. The molecule has 1 heterocycles. The summed E-state index contributed by atoms with van der Waals surface area (Å²) >= 11 is 0. The number of hydrogen-bond acceptors (Lipinski definition) is 4. The molecule has 1 aromatic carbocycles. The highest BCUT2D eigenvalue weighted by molar-refractivity contribution is 5.87. The van der Waals surface area contributed by atoms with E-state index in [1.807, 2.05) is 6.07 Å². The number of primary amides is 1. The molecule has 2 N–H and O–H groups in total. The van der Waals surface area contributed by atoms with Gasteiger partial charge in [0.05, 0.1) is 0 Å². The van der Waals surface area contributed by atoms with Gasteiger partial charge in [0.15, 0.2) is 5.82 Å². The van der Waals surface area contributed by atoms with Gasteiger partial charge in [0.2, 0.25) is 0 Å². The molecule has 20 heavy (non-hydrogen) atoms. The Morgan fingerprint density at radius 2 is 1.75 bits per heavy atom. The second-order valence-electron chi connectivity index (χ2n) is 5.28. The van der Waals surface area contributed by atoms with Crippen LogP contribution in [0, 0.1) is 0 Å². The van der Waals surface area contributed by atoms with Crippen molar-refractivity contribution in [2.45, 2.75) is 37.5 Å². The van der Waals surface area contributed by atoms with Crippen LogP contribution < -0.4 is 5.73 Å². The van der Waals surface area contributed by atoms with E-state index in [9.17, 15) is 4.79 Å². The van der Waals surface area contributed by atoms with Crippen LogP contribution in [0.3, 0.4) is 0 Å². The van der Waals surface area contributed by atoms with Gasteiger partial charge in [0.1, 0.15) is 0 Å². The minimum Gasteiger partial charge on any atom is -0.361 e. The average molecular weight is 271 g/mol. The number of carbonyl (C=O) groups is 1. The summed E-state index contributed by atoms with van der Waals surface area (Å²) in [4.78, 5) is 15.0. The maximum Gasteiger partial charge on any atom is 0.315 e. The molecule has 1 fully saturated rings. The second kappa shape index (κ2) is 5.45. The molecule has 3 rings (SSSR count). The van der Waals surface area contributed by atoms with E-state index in [0.717, 1.165) is 25.7 Å². The molecule has 1 saturated carbocycles. The molecule has 2 aromatic rings. The molecular weight excluding hydrogens is 254 g/mol. The summed E-state index contributed by atoms with van der Waals surface area (Å²) in [5, 5.41) is 3.87. The number of nitrogens with two attached hydrogens (primary N) is 1. The van der Waals surface area contributed by atoms with Gasteiger partial charge in [-0.2, -0.15) is 4.98 Å². The van der Waals surface area contributed by atoms with Crippen LogP contribution in [-0.2, 0) is 0 Å². The Bertz CT molecular complexity index is 586. The van der Waals surface area contributed by atoms with Crippen molar-refractivity contribution in [3.63, 3.8) is 0 Å². The van der Waals surface area contributed by atoms with Gasteiger partial charge in [-0.1, -0.05) is 35.5 Å². The van der Waals surface area contributed by atoms with Crippen molar-refractivity contribution in [1.82, 2.24) is 10.1 Å². The fraction of sp³-hybridized carbons (Fsp3) is 0.400. The molecule has 5 heteroatoms. The number of hydrogen-bond donors (Lipinski definition) is 1. The molecule has 104 valence electrons. The normalized spacial score (nSPS) is 22.6. The number of benzene rings is 1. The fourth-order valence-corrected chi connectivity index (χ4v) is 2.91. The first-order chi connectivity index (χ1) is 9.74. The Morgan fingerprint density at radius 1 is 1.10 bits per heavy atom. The molecule has 0 radical (unpaired) electrons. The van der Waals surface area contributed by atoms with Crippen molar-refractivity contribution in [2.75, 3.05) is 0 Å². The van der Waals surface area contributed by atoms with Gasteiger partial charge in [-0.25, -0.2) is 0 Å². The van der Waals surface area contributed by atoms with Crippen LogP contribution in [0.2, 0.25) is 0 Å². The van der Waals surface area contributed by atoms with E-state index in [2.05, 4.69) is 34.4 Å². The average Bonchev–Trinajstić information content (AvgIpc) is 2.98. The first-order valence-corrected chi connectivity index (χ1v) is 6.92. The number of aromatic nitrogens is 2. The van der Waals surface area contributed by atoms with E-state index in [4.69, 9.17) is 10.3 Å². The summed E-state index contributed by atoms with van der Waals surface area (Å²) in [6.45, 7) is 0. The van der Waals surface area contributed by atoms with E-state index in [1.54, 1.807) is 0 Å². The summed E-state index contributed by atoms with van der Waals surface area (Å²) in [5.41, 5.74) is 6.52. The van der Waals surface area contributed by atoms with E-state index in [-0.39, 0.29) is 11.8 Å². The molecule has 5 nitrogen and oxygen atoms in total. The van der Waals surface area contributed by atoms with E-state index in [0.29, 0.717) is 11.7 Å². The van der Waals surface area contributed by atoms with Crippen LogP contribution in [0.5, 0.6) is 0 Å². The number of nitrogens with zero attached hydrogens (tertiary/aromatic N) is 2. The molecule has 1 aliphatic rings. The SMILES string of the molecule is NC(=O)c1nc(C2CCC(c3ccccc3)CC2)no1. The lowest BCUT2D eigenvalue weighted by atomic mass is 9.78. The van der Waals surface area contributed by atoms with Crippen LogP contribution in [-0.4, -0.2) is 16.0 Å². The maximum absolute atomic E-state index is 11.0. The highest BCUT2D eigenvalue weighted by atomic mass is 16.5. The van der Waals surface area contributed by atoms with Crippen LogP contribution >= 0.6 is 0 Å². The van der Waals surface area contributed by atoms with E-state index >= 15 is 0 Å². The van der Waals surface area contributed by atoms with Gasteiger partial charge in [0.25, 0.3) is 0 Å². The molecule has 1 aliphatic carbocycles. The molecule has 0 saturated heterocycles. The molecule has 0 aliphatic heterocycles. The molecule has 0 spiro atoms. The first kappa shape index (κ1) is 12.8. The zero-order valence-corrected chi connectivity index (χ0v) is 11.2. The molecule has 1 aromatic heterocycles. The summed E-state index contributed by atoms with van der Waals surface area (Å²) in [6, 6.07) is 10.6. The summed E-state index contributed by atoms with van der Waals surface area (Å²) < 4.78 is 4.86. The Hall–Kier alpha value is -2.17. The monoisotopic (exact) mass is 271 g/mol. The van der Waals surface area contributed by atoms with Crippen molar-refractivity contribution in [3.05, 3.63) is 47.6 Å². The molecule has 0 bridgehead atoms. The van der Waals surface area contributed by atoms with Crippen LogP contribution in [0.15, 0.2) is 34.9 Å². The predicted octanol–water partition coefficient (Wildman–Crippen LogP) is 2.61. The van der Waals surface area contributed by atoms with Gasteiger partial charge in [-0.15, -0.1) is 0 Å². The van der Waals surface area contributed by atoms with Crippen LogP contribution in [0.1, 0.15) is 59.6 Å². The van der Waals surface area contributed by atoms with Crippen molar-refractivity contribution in [1.29, 1.82) is 0 Å². The first-order valence-electron chi connectivity index (χ1n) is 6.92. The van der Waals surface area contributed by atoms with Crippen molar-refractivity contribution in [2.24, 2.45) is 5.73 Å². The van der Waals surface area contributed by atoms with Gasteiger partial charge in [-0.05, 0) is 37.2 Å². The van der Waals surface area contributed by atoms with E-state index < -0.39 is 5.91 Å². The van der Waals surface area contributed by atoms with E-state index in [1.165, 1.54) is 5.56 Å². The van der Waals surface area contributed by atoms with Gasteiger partial charge in [0, 0.05) is 5.92 Å². The maximum atomic E-state index is 11.0. The fourth-order valence-electron chi connectivity index (χ4n) is 2.91. The Labute approximate surface area is 117 Å². The van der Waals surface area contributed by atoms with Gasteiger partial charge >= 0.3 is 11.8 Å². The third-order valence-electron chi connectivity index (χ3n) is 4.02. The summed E-state index contributed by atoms with van der Waals surface area (Å²) in [7, 11) is 0. The van der Waals surface area contributed by atoms with Gasteiger partial charge < -0.3 is 10.3 Å². The quantitative estimate of drug-likeness (QED) is 0.930. The smallest absolute Gasteiger partial charge is 0.315 e. The van der Waals surface area contributed by atoms with Crippen molar-refractivity contribution in [3.8, 4) is 0 Å². The zero-order valence-electron chi connectivity index (χ0n) is 11.2. The lowest BCUT2D eigenvalue weighted by molar-refractivity contribution is 0.0958. The highest BCUT2D eigenvalue weighted by Gasteiger charge is 2.27. The standard InChI is InChI=1S/C15H17N3O2/c16-13(19)15-17-14(18-20-15)12-8-6-11(7-9-12)10-4-2-1-3-5-10/h1-5,11-12H,6-9H2,(H2,16,19). The Kier molecular flexibility index (Phi) is 3.50. The van der Waals surface area contributed by atoms with Crippen LogP contribution in [0.25, 0.3) is 0 Å². The molecule has 0 atom stereocenters. The Balaban J connectivity index is 1.65. The van der Waals surface area contributed by atoms with Gasteiger partial charge in [-0.3, -0.25) is 4.79 Å². The third-order valence-corrected chi connectivity index (χ3v) is 4.02. The lowest BCUT2D eigenvalue weighted by Crippen LogP contribution is -2.14. The highest BCUT2D eigenvalue weighted by Crippen LogP contribution is 2.39. The zero-order chi connectivity index (χ0) is 13.9. The predicted molar refractivity (Wildman–Crippen MR) is 73.2 cm³/mol. The number of rotatable bonds is 3. The summed E-state index contributed by atoms with van der Waals surface area (Å²) in [5.74, 6) is 0.735. The minimum absolute atomic E-state index is 0.0924. The third kappa shape index (κ3) is 2.57. The van der Waals surface area contributed by atoms with Crippen LogP contribution in [0.4, 0.5) is 0 Å². The largest absolute Gasteiger partial charge is 0.361 e. The molecular formula is C15H17N3O2. The summed E-state index contributed by atoms with van der Waals surface area (Å²) in [6.07, 6.45) is 4.23. The lowest BCUT2D eigenvalue weighted by Gasteiger charge is -2.26. The number of carbonyl (C=O) groups excluding carboxylic acids is 1. The second-order valence-corrected chi connectivity index (χ2v) is 5.28.